The molecule has 0 spiro atoms. The number of rotatable bonds is 8. The van der Waals surface area contributed by atoms with E-state index in [1.165, 1.54) is 6.33 Å². The molecule has 8 nitrogen and oxygen atoms in total. The molecule has 1 aromatic carbocycles. The maximum absolute atomic E-state index is 9.50. The normalized spacial score (nSPS) is 14.0. The first-order chi connectivity index (χ1) is 14.4. The fourth-order valence-corrected chi connectivity index (χ4v) is 2.99. The van der Waals surface area contributed by atoms with E-state index in [9.17, 15) is 5.11 Å². The van der Waals surface area contributed by atoms with E-state index in [1.54, 1.807) is 0 Å². The van der Waals surface area contributed by atoms with Crippen molar-refractivity contribution in [2.45, 2.75) is 32.8 Å². The summed E-state index contributed by atoms with van der Waals surface area (Å²) in [6, 6.07) is 9.43. The highest BCUT2D eigenvalue weighted by Crippen LogP contribution is 2.28. The Labute approximate surface area is 175 Å². The largest absolute Gasteiger partial charge is 0.474 e. The van der Waals surface area contributed by atoms with Gasteiger partial charge in [-0.25, -0.2) is 15.0 Å². The molecule has 8 heteroatoms. The summed E-state index contributed by atoms with van der Waals surface area (Å²) in [5, 5.41) is 22.4. The molecule has 3 aromatic rings. The molecule has 0 bridgehead atoms. The Morgan fingerprint density at radius 3 is 2.80 bits per heavy atom. The van der Waals surface area contributed by atoms with Crippen molar-refractivity contribution in [1.29, 1.82) is 5.41 Å². The lowest BCUT2D eigenvalue weighted by Gasteiger charge is -2.23. The second-order valence-electron chi connectivity index (χ2n) is 8.41. The Morgan fingerprint density at radius 2 is 2.07 bits per heavy atom. The van der Waals surface area contributed by atoms with E-state index < -0.39 is 0 Å². The standard InChI is InChI=1S/C22H26N6O2/c1-22(2,11-29)10-25-21-18(20(24)26-12-27-21)19(23)14-3-7-16-13(9-14)4-8-17(28-16)30-15-5-6-15/h3-4,7-9,12,15,23,29H,5-6,10-11H2,1-2H3,(H3,24,25,26,27). The van der Waals surface area contributed by atoms with E-state index in [4.69, 9.17) is 15.9 Å². The molecule has 4 rings (SSSR count). The number of nitrogens with two attached hydrogens (primary N) is 1. The Bertz CT molecular complexity index is 1090. The Morgan fingerprint density at radius 1 is 1.27 bits per heavy atom. The SMILES string of the molecule is CC(C)(CO)CNc1ncnc(N)c1C(=N)c1ccc2nc(OC3CC3)ccc2c1. The fourth-order valence-electron chi connectivity index (χ4n) is 2.99. The minimum absolute atomic E-state index is 0.0253. The Hall–Kier alpha value is -3.26. The van der Waals surface area contributed by atoms with Crippen LogP contribution >= 0.6 is 0 Å². The minimum atomic E-state index is -0.339. The van der Waals surface area contributed by atoms with Gasteiger partial charge in [0.1, 0.15) is 24.1 Å². The summed E-state index contributed by atoms with van der Waals surface area (Å²) < 4.78 is 5.76. The lowest BCUT2D eigenvalue weighted by atomic mass is 9.94. The molecule has 1 saturated carbocycles. The van der Waals surface area contributed by atoms with Gasteiger partial charge in [0.05, 0.1) is 16.8 Å². The van der Waals surface area contributed by atoms with Crippen molar-refractivity contribution >= 4 is 28.3 Å². The molecule has 0 unspecified atom stereocenters. The second kappa shape index (κ2) is 7.87. The van der Waals surface area contributed by atoms with Crippen LogP contribution in [0.1, 0.15) is 37.8 Å². The number of pyridine rings is 1. The number of nitrogen functional groups attached to an aromatic ring is 1. The minimum Gasteiger partial charge on any atom is -0.474 e. The summed E-state index contributed by atoms with van der Waals surface area (Å²) in [6.07, 6.45) is 3.83. The van der Waals surface area contributed by atoms with Gasteiger partial charge in [0.25, 0.3) is 0 Å². The molecule has 0 aliphatic heterocycles. The van der Waals surface area contributed by atoms with Gasteiger partial charge in [0.15, 0.2) is 0 Å². The van der Waals surface area contributed by atoms with Gasteiger partial charge in [-0.2, -0.15) is 0 Å². The topological polar surface area (TPSA) is 130 Å². The first kappa shape index (κ1) is 20.0. The predicted octanol–water partition coefficient (Wildman–Crippen LogP) is 2.99. The molecule has 0 atom stereocenters. The van der Waals surface area contributed by atoms with Crippen molar-refractivity contribution in [2.24, 2.45) is 5.41 Å². The highest BCUT2D eigenvalue weighted by Gasteiger charge is 2.24. The molecule has 30 heavy (non-hydrogen) atoms. The smallest absolute Gasteiger partial charge is 0.214 e. The number of fused-ring (bicyclic) bond motifs is 1. The zero-order chi connectivity index (χ0) is 21.3. The molecule has 1 fully saturated rings. The van der Waals surface area contributed by atoms with Gasteiger partial charge in [-0.1, -0.05) is 19.9 Å². The quantitative estimate of drug-likeness (QED) is 0.423. The van der Waals surface area contributed by atoms with Crippen molar-refractivity contribution in [3.63, 3.8) is 0 Å². The van der Waals surface area contributed by atoms with Gasteiger partial charge < -0.3 is 20.9 Å². The number of benzene rings is 1. The Kier molecular flexibility index (Phi) is 5.26. The number of hydrogen-bond acceptors (Lipinski definition) is 8. The van der Waals surface area contributed by atoms with E-state index in [0.29, 0.717) is 35.5 Å². The van der Waals surface area contributed by atoms with Crippen molar-refractivity contribution in [3.05, 3.63) is 47.8 Å². The van der Waals surface area contributed by atoms with Crippen LogP contribution in [0, 0.1) is 10.8 Å². The summed E-state index contributed by atoms with van der Waals surface area (Å²) in [5.41, 5.74) is 7.92. The Balaban J connectivity index is 1.62. The highest BCUT2D eigenvalue weighted by molar-refractivity contribution is 6.17. The number of hydrogen-bond donors (Lipinski definition) is 4. The van der Waals surface area contributed by atoms with E-state index >= 15 is 0 Å². The summed E-state index contributed by atoms with van der Waals surface area (Å²) in [7, 11) is 0. The van der Waals surface area contributed by atoms with Crippen LogP contribution < -0.4 is 15.8 Å². The van der Waals surface area contributed by atoms with E-state index in [0.717, 1.165) is 23.7 Å². The van der Waals surface area contributed by atoms with Crippen molar-refractivity contribution in [3.8, 4) is 5.88 Å². The first-order valence-electron chi connectivity index (χ1n) is 9.98. The number of nitrogens with zero attached hydrogens (tertiary/aromatic N) is 3. The van der Waals surface area contributed by atoms with Gasteiger partial charge in [0, 0.05) is 35.6 Å². The van der Waals surface area contributed by atoms with E-state index in [1.807, 2.05) is 44.2 Å². The second-order valence-corrected chi connectivity index (χ2v) is 8.41. The van der Waals surface area contributed by atoms with Crippen LogP contribution in [-0.4, -0.2) is 45.0 Å². The molecule has 156 valence electrons. The maximum Gasteiger partial charge on any atom is 0.214 e. The molecular formula is C22H26N6O2. The van der Waals surface area contributed by atoms with Crippen LogP contribution in [0.25, 0.3) is 10.9 Å². The van der Waals surface area contributed by atoms with Gasteiger partial charge in [0.2, 0.25) is 5.88 Å². The van der Waals surface area contributed by atoms with Crippen LogP contribution in [0.4, 0.5) is 11.6 Å². The van der Waals surface area contributed by atoms with E-state index in [2.05, 4.69) is 20.3 Å². The predicted molar refractivity (Wildman–Crippen MR) is 117 cm³/mol. The molecule has 1 aliphatic carbocycles. The van der Waals surface area contributed by atoms with Crippen LogP contribution in [0.3, 0.4) is 0 Å². The molecule has 0 saturated heterocycles. The zero-order valence-corrected chi connectivity index (χ0v) is 17.1. The summed E-state index contributed by atoms with van der Waals surface area (Å²) in [6.45, 7) is 4.38. The molecule has 2 heterocycles. The third-order valence-electron chi connectivity index (χ3n) is 5.05. The maximum atomic E-state index is 9.50. The number of anilines is 2. The van der Waals surface area contributed by atoms with Crippen molar-refractivity contribution in [1.82, 2.24) is 15.0 Å². The van der Waals surface area contributed by atoms with Crippen LogP contribution in [0.15, 0.2) is 36.7 Å². The summed E-state index contributed by atoms with van der Waals surface area (Å²) in [4.78, 5) is 12.9. The molecule has 2 aromatic heterocycles. The van der Waals surface area contributed by atoms with Crippen LogP contribution in [0.5, 0.6) is 5.88 Å². The average molecular weight is 406 g/mol. The first-order valence-corrected chi connectivity index (χ1v) is 9.98. The van der Waals surface area contributed by atoms with Gasteiger partial charge in [-0.3, -0.25) is 5.41 Å². The third-order valence-corrected chi connectivity index (χ3v) is 5.05. The highest BCUT2D eigenvalue weighted by atomic mass is 16.5. The lowest BCUT2D eigenvalue weighted by Crippen LogP contribution is -2.28. The van der Waals surface area contributed by atoms with Crippen LogP contribution in [0.2, 0.25) is 0 Å². The number of ether oxygens (including phenoxy) is 1. The molecule has 1 aliphatic rings. The van der Waals surface area contributed by atoms with Gasteiger partial charge >= 0.3 is 0 Å². The van der Waals surface area contributed by atoms with E-state index in [-0.39, 0.29) is 23.6 Å². The fraction of sp³-hybridized carbons (Fsp3) is 0.364. The van der Waals surface area contributed by atoms with Gasteiger partial charge in [-0.05, 0) is 31.0 Å². The van der Waals surface area contributed by atoms with Gasteiger partial charge in [-0.15, -0.1) is 0 Å². The summed E-state index contributed by atoms with van der Waals surface area (Å²) in [5.74, 6) is 1.33. The number of aliphatic hydroxyl groups excluding tert-OH is 1. The molecule has 5 N–H and O–H groups in total. The van der Waals surface area contributed by atoms with Crippen molar-refractivity contribution in [2.75, 3.05) is 24.2 Å². The third kappa shape index (κ3) is 4.33. The molecular weight excluding hydrogens is 380 g/mol. The zero-order valence-electron chi connectivity index (χ0n) is 17.1. The number of aromatic nitrogens is 3. The monoisotopic (exact) mass is 406 g/mol. The average Bonchev–Trinajstić information content (AvgIpc) is 3.55. The lowest BCUT2D eigenvalue weighted by molar-refractivity contribution is 0.170. The molecule has 0 radical (unpaired) electrons. The molecule has 0 amide bonds. The van der Waals surface area contributed by atoms with Crippen molar-refractivity contribution < 1.29 is 9.84 Å². The summed E-state index contributed by atoms with van der Waals surface area (Å²) >= 11 is 0. The number of aliphatic hydroxyl groups is 1. The van der Waals surface area contributed by atoms with Crippen LogP contribution in [-0.2, 0) is 0 Å². The number of nitrogens with one attached hydrogen (secondary N) is 2.